The molecule has 2 unspecified atom stereocenters. The Morgan fingerprint density at radius 1 is 1.55 bits per heavy atom. The molecular weight excluding hydrogens is 254 g/mol. The molecule has 1 fully saturated rings. The van der Waals surface area contributed by atoms with Crippen LogP contribution in [0.1, 0.15) is 43.2 Å². The molecule has 1 aliphatic rings. The summed E-state index contributed by atoms with van der Waals surface area (Å²) in [6.07, 6.45) is 3.86. The number of carbonyl (C=O) groups is 1. The number of rotatable bonds is 4. The van der Waals surface area contributed by atoms with E-state index in [1.54, 1.807) is 7.11 Å². The molecule has 2 atom stereocenters. The van der Waals surface area contributed by atoms with Crippen molar-refractivity contribution in [1.29, 1.82) is 0 Å². The third-order valence-electron chi connectivity index (χ3n) is 4.09. The highest BCUT2D eigenvalue weighted by Crippen LogP contribution is 2.22. The molecule has 1 saturated heterocycles. The Labute approximate surface area is 120 Å². The van der Waals surface area contributed by atoms with Gasteiger partial charge in [0.1, 0.15) is 5.69 Å². The van der Waals surface area contributed by atoms with Gasteiger partial charge >= 0.3 is 0 Å². The first-order valence-electron chi connectivity index (χ1n) is 7.29. The van der Waals surface area contributed by atoms with E-state index in [4.69, 9.17) is 10.5 Å². The summed E-state index contributed by atoms with van der Waals surface area (Å²) in [6, 6.07) is 4.15. The molecule has 2 rings (SSSR count). The van der Waals surface area contributed by atoms with E-state index in [1.807, 2.05) is 27.8 Å². The molecule has 0 spiro atoms. The number of nitrogens with two attached hydrogens (primary N) is 1. The number of nitrogens with zero attached hydrogens (tertiary/aromatic N) is 2. The van der Waals surface area contributed by atoms with E-state index >= 15 is 0 Å². The predicted molar refractivity (Wildman–Crippen MR) is 78.7 cm³/mol. The number of amides is 1. The maximum Gasteiger partial charge on any atom is 0.270 e. The van der Waals surface area contributed by atoms with Crippen molar-refractivity contribution in [2.45, 2.75) is 44.9 Å². The van der Waals surface area contributed by atoms with Gasteiger partial charge in [0.25, 0.3) is 5.91 Å². The monoisotopic (exact) mass is 279 g/mol. The van der Waals surface area contributed by atoms with E-state index in [1.165, 1.54) is 0 Å². The summed E-state index contributed by atoms with van der Waals surface area (Å²) in [5.74, 6) is 0.0775. The maximum absolute atomic E-state index is 12.8. The van der Waals surface area contributed by atoms with Gasteiger partial charge in [0.15, 0.2) is 0 Å². The Bertz CT molecular complexity index is 456. The molecule has 1 aromatic rings. The molecule has 5 nitrogen and oxygen atoms in total. The minimum absolute atomic E-state index is 0.0664. The van der Waals surface area contributed by atoms with Gasteiger partial charge in [-0.3, -0.25) is 4.79 Å². The van der Waals surface area contributed by atoms with E-state index < -0.39 is 0 Å². The number of hydrogen-bond donors (Lipinski definition) is 1. The Morgan fingerprint density at radius 3 is 2.90 bits per heavy atom. The van der Waals surface area contributed by atoms with Crippen molar-refractivity contribution in [2.24, 2.45) is 5.73 Å². The minimum atomic E-state index is 0.0664. The fourth-order valence-electron chi connectivity index (χ4n) is 2.89. The van der Waals surface area contributed by atoms with Crippen molar-refractivity contribution < 1.29 is 9.53 Å². The van der Waals surface area contributed by atoms with Crippen LogP contribution in [0.5, 0.6) is 0 Å². The first-order valence-corrected chi connectivity index (χ1v) is 7.29. The lowest BCUT2D eigenvalue weighted by Crippen LogP contribution is -2.51. The van der Waals surface area contributed by atoms with E-state index in [9.17, 15) is 4.79 Å². The van der Waals surface area contributed by atoms with Crippen LogP contribution in [0.15, 0.2) is 18.3 Å². The second-order valence-electron chi connectivity index (χ2n) is 5.66. The van der Waals surface area contributed by atoms with Crippen LogP contribution in [-0.4, -0.2) is 47.7 Å². The molecule has 5 heteroatoms. The SMILES string of the molecule is COC1CCN(C(=O)c2cccn2C(C)C)C(CN)C1. The summed E-state index contributed by atoms with van der Waals surface area (Å²) in [6.45, 7) is 5.35. The lowest BCUT2D eigenvalue weighted by molar-refractivity contribution is 0.0133. The minimum Gasteiger partial charge on any atom is -0.381 e. The van der Waals surface area contributed by atoms with Crippen molar-refractivity contribution in [1.82, 2.24) is 9.47 Å². The molecule has 0 bridgehead atoms. The Morgan fingerprint density at radius 2 is 2.30 bits per heavy atom. The summed E-state index contributed by atoms with van der Waals surface area (Å²) in [5, 5.41) is 0. The van der Waals surface area contributed by atoms with Crippen LogP contribution in [0.2, 0.25) is 0 Å². The number of piperidine rings is 1. The number of hydrogen-bond acceptors (Lipinski definition) is 3. The van der Waals surface area contributed by atoms with Gasteiger partial charge in [-0.2, -0.15) is 0 Å². The van der Waals surface area contributed by atoms with Crippen LogP contribution >= 0.6 is 0 Å². The largest absolute Gasteiger partial charge is 0.381 e. The summed E-state index contributed by atoms with van der Waals surface area (Å²) < 4.78 is 7.42. The highest BCUT2D eigenvalue weighted by Gasteiger charge is 2.32. The second-order valence-corrected chi connectivity index (χ2v) is 5.66. The van der Waals surface area contributed by atoms with Crippen molar-refractivity contribution in [2.75, 3.05) is 20.2 Å². The van der Waals surface area contributed by atoms with Crippen LogP contribution in [-0.2, 0) is 4.74 Å². The zero-order valence-electron chi connectivity index (χ0n) is 12.6. The number of aromatic nitrogens is 1. The van der Waals surface area contributed by atoms with Crippen LogP contribution in [0.3, 0.4) is 0 Å². The number of likely N-dealkylation sites (tertiary alicyclic amines) is 1. The lowest BCUT2D eigenvalue weighted by Gasteiger charge is -2.38. The van der Waals surface area contributed by atoms with Gasteiger partial charge in [-0.15, -0.1) is 0 Å². The average molecular weight is 279 g/mol. The molecule has 1 amide bonds. The lowest BCUT2D eigenvalue weighted by atomic mass is 9.99. The molecule has 2 N–H and O–H groups in total. The van der Waals surface area contributed by atoms with Gasteiger partial charge in [0, 0.05) is 38.5 Å². The number of carbonyl (C=O) groups excluding carboxylic acids is 1. The maximum atomic E-state index is 12.8. The zero-order valence-corrected chi connectivity index (χ0v) is 12.6. The van der Waals surface area contributed by atoms with Gasteiger partial charge in [-0.1, -0.05) is 0 Å². The van der Waals surface area contributed by atoms with Gasteiger partial charge in [-0.25, -0.2) is 0 Å². The molecular formula is C15H25N3O2. The van der Waals surface area contributed by atoms with Gasteiger partial charge in [0.2, 0.25) is 0 Å². The van der Waals surface area contributed by atoms with Crippen LogP contribution in [0.4, 0.5) is 0 Å². The first kappa shape index (κ1) is 15.1. The highest BCUT2D eigenvalue weighted by molar-refractivity contribution is 5.93. The van der Waals surface area contributed by atoms with Gasteiger partial charge in [0.05, 0.1) is 6.10 Å². The number of methoxy groups -OCH3 is 1. The summed E-state index contributed by atoms with van der Waals surface area (Å²) >= 11 is 0. The van der Waals surface area contributed by atoms with Crippen molar-refractivity contribution in [3.8, 4) is 0 Å². The van der Waals surface area contributed by atoms with Gasteiger partial charge in [-0.05, 0) is 38.8 Å². The normalized spacial score (nSPS) is 23.4. The molecule has 0 aromatic carbocycles. The Kier molecular flexibility index (Phi) is 4.83. The van der Waals surface area contributed by atoms with Crippen LogP contribution in [0.25, 0.3) is 0 Å². The third kappa shape index (κ3) is 2.88. The Hall–Kier alpha value is -1.33. The molecule has 2 heterocycles. The molecule has 0 saturated carbocycles. The van der Waals surface area contributed by atoms with Crippen molar-refractivity contribution >= 4 is 5.91 Å². The standard InChI is InChI=1S/C15H25N3O2/c1-11(2)17-7-4-5-14(17)15(19)18-8-6-13(20-3)9-12(18)10-16/h4-5,7,11-13H,6,8-10,16H2,1-3H3. The van der Waals surface area contributed by atoms with E-state index in [2.05, 4.69) is 13.8 Å². The topological polar surface area (TPSA) is 60.5 Å². The predicted octanol–water partition coefficient (Wildman–Crippen LogP) is 1.65. The average Bonchev–Trinajstić information content (AvgIpc) is 2.95. The van der Waals surface area contributed by atoms with E-state index in [0.717, 1.165) is 18.5 Å². The zero-order chi connectivity index (χ0) is 14.7. The van der Waals surface area contributed by atoms with Crippen molar-refractivity contribution in [3.05, 3.63) is 24.0 Å². The molecule has 0 radical (unpaired) electrons. The Balaban J connectivity index is 2.17. The highest BCUT2D eigenvalue weighted by atomic mass is 16.5. The number of ether oxygens (including phenoxy) is 1. The molecule has 20 heavy (non-hydrogen) atoms. The fraction of sp³-hybridized carbons (Fsp3) is 0.667. The molecule has 112 valence electrons. The summed E-state index contributed by atoms with van der Waals surface area (Å²) in [7, 11) is 1.72. The third-order valence-corrected chi connectivity index (χ3v) is 4.09. The smallest absolute Gasteiger partial charge is 0.270 e. The molecule has 1 aromatic heterocycles. The first-order chi connectivity index (χ1) is 9.58. The fourth-order valence-corrected chi connectivity index (χ4v) is 2.89. The summed E-state index contributed by atoms with van der Waals surface area (Å²) in [4.78, 5) is 14.7. The molecule has 1 aliphatic heterocycles. The van der Waals surface area contributed by atoms with Crippen LogP contribution < -0.4 is 5.73 Å². The van der Waals surface area contributed by atoms with Gasteiger partial charge < -0.3 is 19.9 Å². The van der Waals surface area contributed by atoms with Crippen LogP contribution in [0, 0.1) is 0 Å². The van der Waals surface area contributed by atoms with E-state index in [-0.39, 0.29) is 24.1 Å². The molecule has 0 aliphatic carbocycles. The second kappa shape index (κ2) is 6.41. The van der Waals surface area contributed by atoms with Crippen molar-refractivity contribution in [3.63, 3.8) is 0 Å². The quantitative estimate of drug-likeness (QED) is 0.911. The summed E-state index contributed by atoms with van der Waals surface area (Å²) in [5.41, 5.74) is 6.59. The van der Waals surface area contributed by atoms with E-state index in [0.29, 0.717) is 13.1 Å².